The largest absolute Gasteiger partial charge is 0.351 e. The minimum atomic E-state index is 0.517. The van der Waals surface area contributed by atoms with Crippen LogP contribution in [0.2, 0.25) is 0 Å². The van der Waals surface area contributed by atoms with Crippen molar-refractivity contribution in [2.75, 3.05) is 6.54 Å². The average molecular weight is 269 g/mol. The second kappa shape index (κ2) is 4.80. The molecule has 1 saturated heterocycles. The Morgan fingerprint density at radius 2 is 1.90 bits per heavy atom. The van der Waals surface area contributed by atoms with Crippen LogP contribution in [-0.2, 0) is 0 Å². The van der Waals surface area contributed by atoms with E-state index in [4.69, 9.17) is 4.99 Å². The van der Waals surface area contributed by atoms with Crippen LogP contribution in [0.4, 0.5) is 0 Å². The van der Waals surface area contributed by atoms with E-state index in [1.807, 2.05) is 0 Å². The highest BCUT2D eigenvalue weighted by molar-refractivity contribution is 5.84. The Morgan fingerprint density at radius 1 is 1.10 bits per heavy atom. The van der Waals surface area contributed by atoms with Gasteiger partial charge in [0, 0.05) is 12.6 Å². The predicted molar refractivity (Wildman–Crippen MR) is 81.9 cm³/mol. The van der Waals surface area contributed by atoms with E-state index >= 15 is 0 Å². The zero-order chi connectivity index (χ0) is 13.5. The number of fused-ring (bicyclic) bond motifs is 3. The number of aliphatic imine (C=N–C) groups is 1. The molecule has 0 aromatic heterocycles. The fraction of sp³-hybridized carbons (Fsp3) is 0.588. The van der Waals surface area contributed by atoms with Crippen molar-refractivity contribution in [3.05, 3.63) is 35.4 Å². The van der Waals surface area contributed by atoms with E-state index in [1.54, 1.807) is 0 Å². The van der Waals surface area contributed by atoms with Crippen LogP contribution in [0.15, 0.2) is 29.3 Å². The molecule has 106 valence electrons. The number of guanidine groups is 1. The van der Waals surface area contributed by atoms with Gasteiger partial charge in [-0.15, -0.1) is 0 Å². The summed E-state index contributed by atoms with van der Waals surface area (Å²) >= 11 is 0. The van der Waals surface area contributed by atoms with Crippen molar-refractivity contribution in [3.8, 4) is 0 Å². The van der Waals surface area contributed by atoms with Crippen molar-refractivity contribution in [3.63, 3.8) is 0 Å². The molecule has 1 saturated carbocycles. The van der Waals surface area contributed by atoms with Crippen molar-refractivity contribution in [2.45, 2.75) is 57.2 Å². The summed E-state index contributed by atoms with van der Waals surface area (Å²) in [5.74, 6) is 1.17. The first kappa shape index (κ1) is 12.2. The van der Waals surface area contributed by atoms with Crippen LogP contribution in [0.25, 0.3) is 0 Å². The summed E-state index contributed by atoms with van der Waals surface area (Å²) in [6, 6.07) is 10.9. The maximum Gasteiger partial charge on any atom is 0.195 e. The molecule has 20 heavy (non-hydrogen) atoms. The summed E-state index contributed by atoms with van der Waals surface area (Å²) in [6.07, 6.45) is 6.51. The van der Waals surface area contributed by atoms with Gasteiger partial charge in [-0.1, -0.05) is 42.7 Å². The van der Waals surface area contributed by atoms with E-state index in [2.05, 4.69) is 41.4 Å². The van der Waals surface area contributed by atoms with Gasteiger partial charge in [0.05, 0.1) is 12.1 Å². The van der Waals surface area contributed by atoms with E-state index in [1.165, 1.54) is 42.8 Å². The first-order chi connectivity index (χ1) is 9.83. The first-order valence-electron chi connectivity index (χ1n) is 7.99. The lowest BCUT2D eigenvalue weighted by Gasteiger charge is -2.38. The van der Waals surface area contributed by atoms with Gasteiger partial charge in [-0.25, -0.2) is 0 Å². The smallest absolute Gasteiger partial charge is 0.195 e. The normalized spacial score (nSPS) is 32.1. The number of aryl methyl sites for hydroxylation is 1. The molecule has 2 aliphatic heterocycles. The zero-order valence-corrected chi connectivity index (χ0v) is 12.2. The van der Waals surface area contributed by atoms with Crippen LogP contribution >= 0.6 is 0 Å². The molecular formula is C17H23N3. The molecule has 3 unspecified atom stereocenters. The van der Waals surface area contributed by atoms with Crippen molar-refractivity contribution in [2.24, 2.45) is 4.99 Å². The summed E-state index contributed by atoms with van der Waals surface area (Å²) in [4.78, 5) is 7.34. The Balaban J connectivity index is 1.67. The molecular weight excluding hydrogens is 246 g/mol. The van der Waals surface area contributed by atoms with Gasteiger partial charge in [0.25, 0.3) is 0 Å². The molecule has 3 atom stereocenters. The van der Waals surface area contributed by atoms with E-state index in [0.29, 0.717) is 18.1 Å². The molecule has 3 aliphatic rings. The van der Waals surface area contributed by atoms with Crippen molar-refractivity contribution < 1.29 is 0 Å². The Morgan fingerprint density at radius 3 is 2.75 bits per heavy atom. The molecule has 1 N–H and O–H groups in total. The highest BCUT2D eigenvalue weighted by Crippen LogP contribution is 2.38. The minimum Gasteiger partial charge on any atom is -0.351 e. The molecule has 2 heterocycles. The number of nitrogens with one attached hydrogen (secondary N) is 1. The molecule has 0 bridgehead atoms. The Labute approximate surface area is 121 Å². The van der Waals surface area contributed by atoms with E-state index < -0.39 is 0 Å². The summed E-state index contributed by atoms with van der Waals surface area (Å²) in [5.41, 5.74) is 2.80. The molecule has 1 aliphatic carbocycles. The van der Waals surface area contributed by atoms with Crippen LogP contribution in [0.3, 0.4) is 0 Å². The maximum absolute atomic E-state index is 4.74. The van der Waals surface area contributed by atoms with E-state index in [-0.39, 0.29) is 0 Å². The second-order valence-corrected chi connectivity index (χ2v) is 6.43. The minimum absolute atomic E-state index is 0.517. The van der Waals surface area contributed by atoms with Gasteiger partial charge in [0.1, 0.15) is 0 Å². The van der Waals surface area contributed by atoms with Crippen molar-refractivity contribution in [1.82, 2.24) is 10.2 Å². The lowest BCUT2D eigenvalue weighted by atomic mass is 9.89. The summed E-state index contributed by atoms with van der Waals surface area (Å²) in [6.45, 7) is 3.11. The van der Waals surface area contributed by atoms with Gasteiger partial charge in [-0.3, -0.25) is 4.99 Å². The van der Waals surface area contributed by atoms with E-state index in [0.717, 1.165) is 13.0 Å². The van der Waals surface area contributed by atoms with E-state index in [9.17, 15) is 0 Å². The summed E-state index contributed by atoms with van der Waals surface area (Å²) < 4.78 is 0. The molecule has 4 rings (SSSR count). The Hall–Kier alpha value is -1.51. The van der Waals surface area contributed by atoms with Gasteiger partial charge in [-0.05, 0) is 31.7 Å². The summed E-state index contributed by atoms with van der Waals surface area (Å²) in [7, 11) is 0. The van der Waals surface area contributed by atoms with Gasteiger partial charge in [-0.2, -0.15) is 0 Å². The number of hydrogen-bond donors (Lipinski definition) is 1. The molecule has 0 amide bonds. The number of benzene rings is 1. The van der Waals surface area contributed by atoms with Crippen molar-refractivity contribution in [1.29, 1.82) is 0 Å². The Bertz CT molecular complexity index is 520. The van der Waals surface area contributed by atoms with Crippen LogP contribution in [-0.4, -0.2) is 29.5 Å². The highest BCUT2D eigenvalue weighted by Gasteiger charge is 2.43. The SMILES string of the molecule is Cc1ccc(C2CCN=C3NC4CCCCC4N32)cc1. The molecule has 0 radical (unpaired) electrons. The summed E-state index contributed by atoms with van der Waals surface area (Å²) in [5, 5.41) is 3.68. The van der Waals surface area contributed by atoms with Crippen molar-refractivity contribution >= 4 is 5.96 Å². The standard InChI is InChI=1S/C17H23N3/c1-12-6-8-13(9-7-12)15-10-11-18-17-19-14-4-2-3-5-16(14)20(15)17/h6-9,14-16H,2-5,10-11H2,1H3,(H,18,19). The molecule has 2 fully saturated rings. The number of nitrogens with zero attached hydrogens (tertiary/aromatic N) is 2. The van der Waals surface area contributed by atoms with Crippen LogP contribution in [0.1, 0.15) is 49.3 Å². The van der Waals surface area contributed by atoms with Crippen LogP contribution in [0.5, 0.6) is 0 Å². The first-order valence-corrected chi connectivity index (χ1v) is 7.99. The second-order valence-electron chi connectivity index (χ2n) is 6.43. The fourth-order valence-electron chi connectivity index (χ4n) is 4.06. The molecule has 0 spiro atoms. The fourth-order valence-corrected chi connectivity index (χ4v) is 4.06. The van der Waals surface area contributed by atoms with Gasteiger partial charge < -0.3 is 10.2 Å². The lowest BCUT2D eigenvalue weighted by molar-refractivity contribution is 0.188. The van der Waals surface area contributed by atoms with Gasteiger partial charge in [0.15, 0.2) is 5.96 Å². The third-order valence-corrected chi connectivity index (χ3v) is 5.11. The molecule has 1 aromatic rings. The molecule has 3 heteroatoms. The highest BCUT2D eigenvalue weighted by atomic mass is 15.4. The topological polar surface area (TPSA) is 27.6 Å². The number of rotatable bonds is 1. The maximum atomic E-state index is 4.74. The van der Waals surface area contributed by atoms with Crippen LogP contribution in [0, 0.1) is 6.92 Å². The van der Waals surface area contributed by atoms with Gasteiger partial charge in [0.2, 0.25) is 0 Å². The quantitative estimate of drug-likeness (QED) is 0.848. The lowest BCUT2D eigenvalue weighted by Crippen LogP contribution is -2.43. The Kier molecular flexibility index (Phi) is 2.94. The van der Waals surface area contributed by atoms with Gasteiger partial charge >= 0.3 is 0 Å². The predicted octanol–water partition coefficient (Wildman–Crippen LogP) is 3.01. The monoisotopic (exact) mass is 269 g/mol. The molecule has 3 nitrogen and oxygen atoms in total. The zero-order valence-electron chi connectivity index (χ0n) is 12.2. The third kappa shape index (κ3) is 1.91. The average Bonchev–Trinajstić information content (AvgIpc) is 2.86. The molecule has 1 aromatic carbocycles. The third-order valence-electron chi connectivity index (χ3n) is 5.11. The van der Waals surface area contributed by atoms with Crippen LogP contribution < -0.4 is 5.32 Å². The number of hydrogen-bond acceptors (Lipinski definition) is 3.